The van der Waals surface area contributed by atoms with Gasteiger partial charge >= 0.3 is 0 Å². The van der Waals surface area contributed by atoms with Crippen LogP contribution in [0.25, 0.3) is 22.3 Å². The van der Waals surface area contributed by atoms with Crippen LogP contribution in [0.1, 0.15) is 26.3 Å². The number of hydrogen-bond acceptors (Lipinski definition) is 3. The molecular weight excluding hydrogens is 368 g/mol. The first-order valence-corrected chi connectivity index (χ1v) is 9.41. The maximum atomic E-state index is 13.6. The van der Waals surface area contributed by atoms with Crippen molar-refractivity contribution in [3.8, 4) is 11.4 Å². The molecule has 0 bridgehead atoms. The van der Waals surface area contributed by atoms with Gasteiger partial charge in [-0.2, -0.15) is 0 Å². The van der Waals surface area contributed by atoms with Crippen LogP contribution in [0.2, 0.25) is 0 Å². The van der Waals surface area contributed by atoms with Gasteiger partial charge in [-0.25, -0.2) is 18.7 Å². The zero-order chi connectivity index (χ0) is 20.6. The lowest BCUT2D eigenvalue weighted by molar-refractivity contribution is 0.509. The summed E-state index contributed by atoms with van der Waals surface area (Å²) in [5.41, 5.74) is 3.35. The fourth-order valence-electron chi connectivity index (χ4n) is 3.13. The lowest BCUT2D eigenvalue weighted by atomic mass is 9.87. The highest BCUT2D eigenvalue weighted by Crippen LogP contribution is 2.29. The molecule has 0 amide bonds. The molecule has 0 radical (unpaired) electrons. The van der Waals surface area contributed by atoms with Crippen molar-refractivity contribution in [1.82, 2.24) is 9.97 Å². The molecule has 0 aliphatic rings. The number of fused-ring (bicyclic) bond motifs is 1. The van der Waals surface area contributed by atoms with Gasteiger partial charge in [-0.1, -0.05) is 57.2 Å². The molecule has 0 spiro atoms. The van der Waals surface area contributed by atoms with Gasteiger partial charge in [0.25, 0.3) is 0 Å². The highest BCUT2D eigenvalue weighted by molar-refractivity contribution is 5.92. The zero-order valence-electron chi connectivity index (χ0n) is 16.5. The average Bonchev–Trinajstić information content (AvgIpc) is 2.70. The third kappa shape index (κ3) is 3.94. The summed E-state index contributed by atoms with van der Waals surface area (Å²) in [5.74, 6) is -0.695. The summed E-state index contributed by atoms with van der Waals surface area (Å²) in [6.07, 6.45) is 0. The standard InChI is InChI=1S/C24H21F2N3/c1-24(2,3)16-10-8-15(9-11-16)22-28-21-7-5-4-6-18(21)23(29-22)27-17-12-13-19(25)20(26)14-17/h4-14H,1-3H3,(H,27,28,29). The molecule has 29 heavy (non-hydrogen) atoms. The smallest absolute Gasteiger partial charge is 0.162 e. The van der Waals surface area contributed by atoms with E-state index >= 15 is 0 Å². The topological polar surface area (TPSA) is 37.8 Å². The van der Waals surface area contributed by atoms with E-state index in [0.717, 1.165) is 28.6 Å². The Hall–Kier alpha value is -3.34. The Morgan fingerprint density at radius 1 is 0.793 bits per heavy atom. The molecule has 5 heteroatoms. The Labute approximate surface area is 168 Å². The molecule has 4 aromatic rings. The average molecular weight is 389 g/mol. The van der Waals surface area contributed by atoms with Crippen molar-refractivity contribution in [2.75, 3.05) is 5.32 Å². The minimum atomic E-state index is -0.911. The van der Waals surface area contributed by atoms with Crippen LogP contribution in [0.15, 0.2) is 66.7 Å². The predicted octanol–water partition coefficient (Wildman–Crippen LogP) is 6.62. The lowest BCUT2D eigenvalue weighted by Gasteiger charge is -2.19. The summed E-state index contributed by atoms with van der Waals surface area (Å²) in [6, 6.07) is 19.4. The number of rotatable bonds is 3. The number of halogens is 2. The van der Waals surface area contributed by atoms with Crippen LogP contribution >= 0.6 is 0 Å². The number of benzene rings is 3. The van der Waals surface area contributed by atoms with Gasteiger partial charge in [0.15, 0.2) is 17.5 Å². The molecule has 3 nitrogen and oxygen atoms in total. The number of para-hydroxylation sites is 1. The molecule has 0 fully saturated rings. The Morgan fingerprint density at radius 3 is 2.21 bits per heavy atom. The van der Waals surface area contributed by atoms with E-state index in [2.05, 4.69) is 48.2 Å². The van der Waals surface area contributed by atoms with Gasteiger partial charge in [0.2, 0.25) is 0 Å². The number of anilines is 2. The van der Waals surface area contributed by atoms with Crippen LogP contribution in [0, 0.1) is 11.6 Å². The monoisotopic (exact) mass is 389 g/mol. The summed E-state index contributed by atoms with van der Waals surface area (Å²) in [5, 5.41) is 3.90. The van der Waals surface area contributed by atoms with Crippen LogP contribution in [-0.2, 0) is 5.41 Å². The molecule has 146 valence electrons. The van der Waals surface area contributed by atoms with Crippen molar-refractivity contribution in [1.29, 1.82) is 0 Å². The summed E-state index contributed by atoms with van der Waals surface area (Å²) >= 11 is 0. The van der Waals surface area contributed by atoms with Crippen molar-refractivity contribution in [2.24, 2.45) is 0 Å². The van der Waals surface area contributed by atoms with Gasteiger partial charge in [0.1, 0.15) is 5.82 Å². The largest absolute Gasteiger partial charge is 0.340 e. The molecule has 0 saturated heterocycles. The molecule has 0 unspecified atom stereocenters. The Bertz CT molecular complexity index is 1180. The van der Waals surface area contributed by atoms with Crippen LogP contribution in [0.5, 0.6) is 0 Å². The van der Waals surface area contributed by atoms with Crippen LogP contribution < -0.4 is 5.32 Å². The molecule has 0 atom stereocenters. The highest BCUT2D eigenvalue weighted by Gasteiger charge is 2.15. The lowest BCUT2D eigenvalue weighted by Crippen LogP contribution is -2.10. The third-order valence-corrected chi connectivity index (χ3v) is 4.79. The zero-order valence-corrected chi connectivity index (χ0v) is 16.5. The molecule has 0 saturated carbocycles. The maximum absolute atomic E-state index is 13.6. The van der Waals surface area contributed by atoms with E-state index in [0.29, 0.717) is 17.3 Å². The number of nitrogens with zero attached hydrogens (tertiary/aromatic N) is 2. The molecule has 3 aromatic carbocycles. The van der Waals surface area contributed by atoms with Crippen molar-refractivity contribution in [2.45, 2.75) is 26.2 Å². The molecule has 4 rings (SSSR count). The summed E-state index contributed by atoms with van der Waals surface area (Å²) in [7, 11) is 0. The van der Waals surface area contributed by atoms with E-state index in [-0.39, 0.29) is 5.41 Å². The molecule has 0 aliphatic heterocycles. The van der Waals surface area contributed by atoms with Gasteiger partial charge in [0.05, 0.1) is 5.52 Å². The second-order valence-electron chi connectivity index (χ2n) is 7.99. The first kappa shape index (κ1) is 19.0. The van der Waals surface area contributed by atoms with Crippen molar-refractivity contribution >= 4 is 22.4 Å². The van der Waals surface area contributed by atoms with E-state index in [1.165, 1.54) is 11.6 Å². The van der Waals surface area contributed by atoms with E-state index < -0.39 is 11.6 Å². The van der Waals surface area contributed by atoms with Crippen LogP contribution in [0.3, 0.4) is 0 Å². The highest BCUT2D eigenvalue weighted by atomic mass is 19.2. The van der Waals surface area contributed by atoms with E-state index in [1.54, 1.807) is 0 Å². The van der Waals surface area contributed by atoms with Gasteiger partial charge in [-0.3, -0.25) is 0 Å². The van der Waals surface area contributed by atoms with Crippen molar-refractivity contribution in [3.63, 3.8) is 0 Å². The second kappa shape index (κ2) is 7.24. The number of aromatic nitrogens is 2. The van der Waals surface area contributed by atoms with E-state index in [4.69, 9.17) is 0 Å². The normalized spacial score (nSPS) is 11.6. The SMILES string of the molecule is CC(C)(C)c1ccc(-c2nc(Nc3ccc(F)c(F)c3)c3ccccc3n2)cc1. The van der Waals surface area contributed by atoms with Crippen LogP contribution in [-0.4, -0.2) is 9.97 Å². The van der Waals surface area contributed by atoms with Gasteiger partial charge in [-0.15, -0.1) is 0 Å². The van der Waals surface area contributed by atoms with E-state index in [9.17, 15) is 8.78 Å². The second-order valence-corrected chi connectivity index (χ2v) is 7.99. The third-order valence-electron chi connectivity index (χ3n) is 4.79. The minimum absolute atomic E-state index is 0.0577. The molecule has 1 N–H and O–H groups in total. The fraction of sp³-hybridized carbons (Fsp3) is 0.167. The van der Waals surface area contributed by atoms with Crippen molar-refractivity contribution in [3.05, 3.63) is 83.9 Å². The van der Waals surface area contributed by atoms with Gasteiger partial charge < -0.3 is 5.32 Å². The first-order valence-electron chi connectivity index (χ1n) is 9.41. The molecular formula is C24H21F2N3. The predicted molar refractivity (Wildman–Crippen MR) is 113 cm³/mol. The minimum Gasteiger partial charge on any atom is -0.340 e. The Balaban J connectivity index is 1.79. The van der Waals surface area contributed by atoms with Crippen molar-refractivity contribution < 1.29 is 8.78 Å². The summed E-state index contributed by atoms with van der Waals surface area (Å²) in [6.45, 7) is 6.50. The number of nitrogens with one attached hydrogen (secondary N) is 1. The maximum Gasteiger partial charge on any atom is 0.162 e. The van der Waals surface area contributed by atoms with Gasteiger partial charge in [-0.05, 0) is 35.2 Å². The summed E-state index contributed by atoms with van der Waals surface area (Å²) < 4.78 is 26.9. The molecule has 0 aliphatic carbocycles. The quantitative estimate of drug-likeness (QED) is 0.428. The van der Waals surface area contributed by atoms with E-state index in [1.807, 2.05) is 36.4 Å². The van der Waals surface area contributed by atoms with Crippen LogP contribution in [0.4, 0.5) is 20.3 Å². The molecule has 1 heterocycles. The Kier molecular flexibility index (Phi) is 4.74. The summed E-state index contributed by atoms with van der Waals surface area (Å²) in [4.78, 5) is 9.36. The fourth-order valence-corrected chi connectivity index (χ4v) is 3.13. The first-order chi connectivity index (χ1) is 13.8. The Morgan fingerprint density at radius 2 is 1.52 bits per heavy atom. The van der Waals surface area contributed by atoms with Gasteiger partial charge in [0, 0.05) is 22.7 Å². The number of hydrogen-bond donors (Lipinski definition) is 1. The molecule has 1 aromatic heterocycles.